The fourth-order valence-corrected chi connectivity index (χ4v) is 3.64. The van der Waals surface area contributed by atoms with E-state index in [2.05, 4.69) is 10.2 Å². The summed E-state index contributed by atoms with van der Waals surface area (Å²) in [5, 5.41) is 7.01. The maximum Gasteiger partial charge on any atom is 0.257 e. The van der Waals surface area contributed by atoms with Crippen LogP contribution < -0.4 is 0 Å². The van der Waals surface area contributed by atoms with E-state index in [-0.39, 0.29) is 22.4 Å². The first-order valence-corrected chi connectivity index (χ1v) is 9.55. The van der Waals surface area contributed by atoms with Crippen LogP contribution >= 0.6 is 11.6 Å². The second kappa shape index (κ2) is 8.05. The number of carbonyl (C=O) groups excluding carboxylic acids is 2. The van der Waals surface area contributed by atoms with Crippen molar-refractivity contribution in [1.82, 2.24) is 20.0 Å². The number of H-pyrrole nitrogens is 1. The molecule has 29 heavy (non-hydrogen) atoms. The van der Waals surface area contributed by atoms with Crippen LogP contribution in [0.15, 0.2) is 54.7 Å². The highest BCUT2D eigenvalue weighted by molar-refractivity contribution is 6.33. The first-order chi connectivity index (χ1) is 14.0. The van der Waals surface area contributed by atoms with Crippen molar-refractivity contribution < 1.29 is 14.0 Å². The van der Waals surface area contributed by atoms with E-state index < -0.39 is 5.82 Å². The van der Waals surface area contributed by atoms with Gasteiger partial charge in [0.05, 0.1) is 28.0 Å². The molecule has 1 aliphatic heterocycles. The summed E-state index contributed by atoms with van der Waals surface area (Å²) >= 11 is 6.00. The summed E-state index contributed by atoms with van der Waals surface area (Å²) in [6, 6.07) is 13.2. The van der Waals surface area contributed by atoms with Gasteiger partial charge in [0.25, 0.3) is 11.8 Å². The largest absolute Gasteiger partial charge is 0.335 e. The molecule has 1 aliphatic rings. The minimum Gasteiger partial charge on any atom is -0.335 e. The maximum absolute atomic E-state index is 13.2. The number of nitrogens with zero attached hydrogens (tertiary/aromatic N) is 3. The summed E-state index contributed by atoms with van der Waals surface area (Å²) in [5.74, 6) is -0.892. The molecule has 1 aromatic heterocycles. The summed E-state index contributed by atoms with van der Waals surface area (Å²) in [5.41, 5.74) is 2.31. The Labute approximate surface area is 171 Å². The molecule has 2 heterocycles. The summed E-state index contributed by atoms with van der Waals surface area (Å²) in [7, 11) is 0. The predicted molar refractivity (Wildman–Crippen MR) is 107 cm³/mol. The van der Waals surface area contributed by atoms with Crippen molar-refractivity contribution in [1.29, 1.82) is 0 Å². The van der Waals surface area contributed by atoms with Gasteiger partial charge in [0.1, 0.15) is 5.82 Å². The van der Waals surface area contributed by atoms with E-state index in [1.807, 2.05) is 30.3 Å². The zero-order chi connectivity index (χ0) is 20.4. The Balaban J connectivity index is 1.45. The third kappa shape index (κ3) is 3.86. The lowest BCUT2D eigenvalue weighted by Gasteiger charge is -2.35. The Morgan fingerprint density at radius 2 is 1.55 bits per heavy atom. The van der Waals surface area contributed by atoms with Crippen molar-refractivity contribution >= 4 is 23.4 Å². The molecule has 0 unspecified atom stereocenters. The lowest BCUT2D eigenvalue weighted by molar-refractivity contribution is 0.0536. The normalized spacial score (nSPS) is 14.1. The molecule has 1 saturated heterocycles. The van der Waals surface area contributed by atoms with E-state index in [4.69, 9.17) is 11.6 Å². The Kier molecular flexibility index (Phi) is 5.31. The summed E-state index contributed by atoms with van der Waals surface area (Å²) in [4.78, 5) is 29.0. The van der Waals surface area contributed by atoms with E-state index >= 15 is 0 Å². The molecule has 3 aromatic rings. The molecule has 0 radical (unpaired) electrons. The third-order valence-corrected chi connectivity index (χ3v) is 5.26. The number of aromatic amines is 1. The van der Waals surface area contributed by atoms with Gasteiger partial charge in [-0.25, -0.2) is 4.39 Å². The van der Waals surface area contributed by atoms with Gasteiger partial charge in [0.15, 0.2) is 0 Å². The number of aromatic nitrogens is 2. The van der Waals surface area contributed by atoms with Gasteiger partial charge in [-0.1, -0.05) is 41.9 Å². The van der Waals surface area contributed by atoms with Crippen LogP contribution in [0.25, 0.3) is 11.3 Å². The molecule has 8 heteroatoms. The molecular weight excluding hydrogens is 395 g/mol. The van der Waals surface area contributed by atoms with E-state index in [1.165, 1.54) is 18.3 Å². The minimum atomic E-state index is -0.490. The van der Waals surface area contributed by atoms with Gasteiger partial charge >= 0.3 is 0 Å². The van der Waals surface area contributed by atoms with Crippen molar-refractivity contribution in [2.45, 2.75) is 0 Å². The van der Waals surface area contributed by atoms with Gasteiger partial charge in [-0.05, 0) is 18.2 Å². The fourth-order valence-electron chi connectivity index (χ4n) is 3.39. The van der Waals surface area contributed by atoms with Crippen molar-refractivity contribution in [2.24, 2.45) is 0 Å². The molecule has 1 N–H and O–H groups in total. The number of piperazine rings is 1. The Hall–Kier alpha value is -3.19. The second-order valence-electron chi connectivity index (χ2n) is 6.73. The Morgan fingerprint density at radius 3 is 2.17 bits per heavy atom. The van der Waals surface area contributed by atoms with Crippen LogP contribution in [0, 0.1) is 5.82 Å². The van der Waals surface area contributed by atoms with Crippen molar-refractivity contribution in [3.8, 4) is 11.3 Å². The quantitative estimate of drug-likeness (QED) is 0.716. The van der Waals surface area contributed by atoms with E-state index in [1.54, 1.807) is 9.80 Å². The topological polar surface area (TPSA) is 69.3 Å². The number of benzene rings is 2. The number of halogens is 2. The monoisotopic (exact) mass is 412 g/mol. The molecule has 0 saturated carbocycles. The number of hydrogen-bond donors (Lipinski definition) is 1. The zero-order valence-corrected chi connectivity index (χ0v) is 16.2. The van der Waals surface area contributed by atoms with Crippen molar-refractivity contribution in [2.75, 3.05) is 26.2 Å². The summed E-state index contributed by atoms with van der Waals surface area (Å²) < 4.78 is 13.2. The molecule has 0 atom stereocenters. The highest BCUT2D eigenvalue weighted by Gasteiger charge is 2.28. The first kappa shape index (κ1) is 19.1. The van der Waals surface area contributed by atoms with Crippen LogP contribution in [0.5, 0.6) is 0 Å². The van der Waals surface area contributed by atoms with Gasteiger partial charge in [-0.3, -0.25) is 14.7 Å². The van der Waals surface area contributed by atoms with Crippen LogP contribution in [0.4, 0.5) is 4.39 Å². The molecule has 2 aromatic carbocycles. The molecule has 0 aliphatic carbocycles. The van der Waals surface area contributed by atoms with Crippen LogP contribution in [0.1, 0.15) is 20.7 Å². The van der Waals surface area contributed by atoms with Crippen LogP contribution in [0.3, 0.4) is 0 Å². The SMILES string of the molecule is O=C(c1ccc(F)cc1Cl)N1CCN(C(=O)c2cn[nH]c2-c2ccccc2)CC1. The minimum absolute atomic E-state index is 0.0828. The Bertz CT molecular complexity index is 1050. The molecule has 148 valence electrons. The number of hydrogen-bond acceptors (Lipinski definition) is 3. The number of amides is 2. The van der Waals surface area contributed by atoms with Gasteiger partial charge in [0.2, 0.25) is 0 Å². The van der Waals surface area contributed by atoms with E-state index in [0.29, 0.717) is 37.4 Å². The van der Waals surface area contributed by atoms with Crippen molar-refractivity contribution in [3.05, 3.63) is 76.7 Å². The standard InChI is InChI=1S/C21H18ClFN4O2/c22-18-12-15(23)6-7-16(18)20(28)26-8-10-27(11-9-26)21(29)17-13-24-25-19(17)14-4-2-1-3-5-14/h1-7,12-13H,8-11H2,(H,24,25). The Morgan fingerprint density at radius 1 is 0.931 bits per heavy atom. The number of nitrogens with one attached hydrogen (secondary N) is 1. The van der Waals surface area contributed by atoms with Crippen LogP contribution in [0.2, 0.25) is 5.02 Å². The first-order valence-electron chi connectivity index (χ1n) is 9.17. The molecule has 0 bridgehead atoms. The van der Waals surface area contributed by atoms with Crippen molar-refractivity contribution in [3.63, 3.8) is 0 Å². The van der Waals surface area contributed by atoms with E-state index in [9.17, 15) is 14.0 Å². The van der Waals surface area contributed by atoms with Gasteiger partial charge in [-0.15, -0.1) is 0 Å². The van der Waals surface area contributed by atoms with Gasteiger partial charge in [-0.2, -0.15) is 5.10 Å². The molecule has 0 spiro atoms. The smallest absolute Gasteiger partial charge is 0.257 e. The fraction of sp³-hybridized carbons (Fsp3) is 0.190. The molecule has 6 nitrogen and oxygen atoms in total. The molecular formula is C21H18ClFN4O2. The average molecular weight is 413 g/mol. The predicted octanol–water partition coefficient (Wildman–Crippen LogP) is 3.47. The number of carbonyl (C=O) groups is 2. The zero-order valence-electron chi connectivity index (χ0n) is 15.4. The molecule has 4 rings (SSSR count). The lowest BCUT2D eigenvalue weighted by atomic mass is 10.1. The highest BCUT2D eigenvalue weighted by Crippen LogP contribution is 2.23. The third-order valence-electron chi connectivity index (χ3n) is 4.95. The van der Waals surface area contributed by atoms with E-state index in [0.717, 1.165) is 11.6 Å². The molecule has 2 amide bonds. The summed E-state index contributed by atoms with van der Waals surface area (Å²) in [6.45, 7) is 1.53. The summed E-state index contributed by atoms with van der Waals surface area (Å²) in [6.07, 6.45) is 1.53. The van der Waals surface area contributed by atoms with Crippen LogP contribution in [-0.4, -0.2) is 58.0 Å². The highest BCUT2D eigenvalue weighted by atomic mass is 35.5. The van der Waals surface area contributed by atoms with Gasteiger partial charge in [0, 0.05) is 31.7 Å². The van der Waals surface area contributed by atoms with Crippen LogP contribution in [-0.2, 0) is 0 Å². The number of rotatable bonds is 3. The maximum atomic E-state index is 13.2. The van der Waals surface area contributed by atoms with Gasteiger partial charge < -0.3 is 9.80 Å². The lowest BCUT2D eigenvalue weighted by Crippen LogP contribution is -2.50. The second-order valence-corrected chi connectivity index (χ2v) is 7.14. The molecule has 1 fully saturated rings. The average Bonchev–Trinajstić information content (AvgIpc) is 3.23.